The summed E-state index contributed by atoms with van der Waals surface area (Å²) in [5, 5.41) is 6.80. The lowest BCUT2D eigenvalue weighted by molar-refractivity contribution is -0.135. The molecule has 1 amide bonds. The van der Waals surface area contributed by atoms with Crippen molar-refractivity contribution in [1.82, 2.24) is 15.5 Å². The molecule has 3 heterocycles. The van der Waals surface area contributed by atoms with Gasteiger partial charge in [-0.25, -0.2) is 0 Å². The first kappa shape index (κ1) is 14.5. The van der Waals surface area contributed by atoms with Crippen LogP contribution in [0.4, 0.5) is 0 Å². The maximum Gasteiger partial charge on any atom is 0.240 e. The number of carbonyl (C=O) groups excluding carboxylic acids is 1. The van der Waals surface area contributed by atoms with E-state index < -0.39 is 0 Å². The molecule has 118 valence electrons. The minimum Gasteiger partial charge on any atom is -0.336 e. The third-order valence-electron chi connectivity index (χ3n) is 5.33. The fourth-order valence-corrected chi connectivity index (χ4v) is 5.08. The largest absolute Gasteiger partial charge is 0.336 e. The van der Waals surface area contributed by atoms with Crippen LogP contribution in [-0.2, 0) is 16.8 Å². The molecule has 5 heteroatoms. The van der Waals surface area contributed by atoms with Gasteiger partial charge in [0.25, 0.3) is 0 Å². The Labute approximate surface area is 136 Å². The molecular formula is C17H23N3OS. The van der Waals surface area contributed by atoms with E-state index in [2.05, 4.69) is 39.8 Å². The van der Waals surface area contributed by atoms with Crippen LogP contribution in [0.3, 0.4) is 0 Å². The number of hydrogen-bond acceptors (Lipinski definition) is 4. The van der Waals surface area contributed by atoms with Gasteiger partial charge in [0.15, 0.2) is 0 Å². The van der Waals surface area contributed by atoms with Gasteiger partial charge in [-0.15, -0.1) is 11.8 Å². The van der Waals surface area contributed by atoms with E-state index >= 15 is 0 Å². The van der Waals surface area contributed by atoms with Crippen LogP contribution in [0.15, 0.2) is 24.3 Å². The van der Waals surface area contributed by atoms with Gasteiger partial charge >= 0.3 is 0 Å². The molecule has 2 fully saturated rings. The van der Waals surface area contributed by atoms with Gasteiger partial charge in [0, 0.05) is 30.1 Å². The Bertz CT molecular complexity index is 565. The van der Waals surface area contributed by atoms with Crippen LogP contribution in [-0.4, -0.2) is 48.1 Å². The summed E-state index contributed by atoms with van der Waals surface area (Å²) in [4.78, 5) is 15.0. The molecule has 0 radical (unpaired) electrons. The molecule has 0 aromatic heterocycles. The number of thioether (sulfide) groups is 1. The quantitative estimate of drug-likeness (QED) is 0.820. The number of nitrogens with one attached hydrogen (secondary N) is 2. The van der Waals surface area contributed by atoms with Gasteiger partial charge in [0.2, 0.25) is 5.91 Å². The Morgan fingerprint density at radius 1 is 1.27 bits per heavy atom. The first-order chi connectivity index (χ1) is 10.8. The van der Waals surface area contributed by atoms with Crippen molar-refractivity contribution in [2.24, 2.45) is 0 Å². The van der Waals surface area contributed by atoms with E-state index in [9.17, 15) is 4.79 Å². The number of hydrogen-bond donors (Lipinski definition) is 2. The highest BCUT2D eigenvalue weighted by Crippen LogP contribution is 2.40. The molecule has 0 unspecified atom stereocenters. The second kappa shape index (κ2) is 5.87. The van der Waals surface area contributed by atoms with Crippen LogP contribution >= 0.6 is 11.8 Å². The Morgan fingerprint density at radius 3 is 2.86 bits per heavy atom. The minimum absolute atomic E-state index is 0.00836. The van der Waals surface area contributed by atoms with Crippen LogP contribution in [0.1, 0.15) is 24.0 Å². The molecular weight excluding hydrogens is 294 g/mol. The van der Waals surface area contributed by atoms with E-state index in [0.717, 1.165) is 50.7 Å². The molecule has 2 saturated heterocycles. The SMILES string of the molecule is O=C([C@@H]1CSCN1)N1Cc2ccccc2C2(CCNCC2)C1. The van der Waals surface area contributed by atoms with E-state index in [-0.39, 0.29) is 17.4 Å². The second-order valence-electron chi connectivity index (χ2n) is 6.65. The van der Waals surface area contributed by atoms with Gasteiger partial charge in [-0.05, 0) is 37.1 Å². The lowest BCUT2D eigenvalue weighted by Gasteiger charge is -2.47. The highest BCUT2D eigenvalue weighted by molar-refractivity contribution is 7.99. The minimum atomic E-state index is 0.00836. The van der Waals surface area contributed by atoms with E-state index in [0.29, 0.717) is 0 Å². The Kier molecular flexibility index (Phi) is 3.88. The average Bonchev–Trinajstić information content (AvgIpc) is 3.09. The molecule has 3 aliphatic rings. The van der Waals surface area contributed by atoms with Gasteiger partial charge in [-0.1, -0.05) is 24.3 Å². The summed E-state index contributed by atoms with van der Waals surface area (Å²) < 4.78 is 0. The van der Waals surface area contributed by atoms with E-state index in [1.165, 1.54) is 11.1 Å². The lowest BCUT2D eigenvalue weighted by Crippen LogP contribution is -2.55. The molecule has 4 rings (SSSR count). The van der Waals surface area contributed by atoms with Crippen molar-refractivity contribution < 1.29 is 4.79 Å². The highest BCUT2D eigenvalue weighted by atomic mass is 32.2. The lowest BCUT2D eigenvalue weighted by atomic mass is 9.69. The van der Waals surface area contributed by atoms with Crippen LogP contribution < -0.4 is 10.6 Å². The van der Waals surface area contributed by atoms with Gasteiger partial charge in [-0.3, -0.25) is 10.1 Å². The van der Waals surface area contributed by atoms with Crippen molar-refractivity contribution >= 4 is 17.7 Å². The van der Waals surface area contributed by atoms with Crippen molar-refractivity contribution in [2.45, 2.75) is 30.8 Å². The number of benzene rings is 1. The van der Waals surface area contributed by atoms with Gasteiger partial charge in [0.1, 0.15) is 0 Å². The average molecular weight is 317 g/mol. The summed E-state index contributed by atoms with van der Waals surface area (Å²) in [6, 6.07) is 8.75. The summed E-state index contributed by atoms with van der Waals surface area (Å²) in [7, 11) is 0. The van der Waals surface area contributed by atoms with Crippen molar-refractivity contribution in [3.63, 3.8) is 0 Å². The van der Waals surface area contributed by atoms with Crippen molar-refractivity contribution in [3.8, 4) is 0 Å². The number of fused-ring (bicyclic) bond motifs is 2. The molecule has 0 saturated carbocycles. The molecule has 1 aromatic carbocycles. The Balaban J connectivity index is 1.65. The predicted octanol–water partition coefficient (Wildman–Crippen LogP) is 1.31. The Hall–Kier alpha value is -1.04. The van der Waals surface area contributed by atoms with Crippen molar-refractivity contribution in [2.75, 3.05) is 31.3 Å². The zero-order valence-electron chi connectivity index (χ0n) is 12.8. The molecule has 0 aliphatic carbocycles. The van der Waals surface area contributed by atoms with Gasteiger partial charge in [-0.2, -0.15) is 0 Å². The standard InChI is InChI=1S/C17H23N3OS/c21-16(15-10-22-12-19-15)20-9-13-3-1-2-4-14(13)17(11-20)5-7-18-8-6-17/h1-4,15,18-19H,5-12H2/t15-/m0/s1. The van der Waals surface area contributed by atoms with Gasteiger partial charge < -0.3 is 10.2 Å². The number of nitrogens with zero attached hydrogens (tertiary/aromatic N) is 1. The van der Waals surface area contributed by atoms with Gasteiger partial charge in [0.05, 0.1) is 6.04 Å². The third-order valence-corrected chi connectivity index (χ3v) is 6.27. The highest BCUT2D eigenvalue weighted by Gasteiger charge is 2.42. The van der Waals surface area contributed by atoms with E-state index in [4.69, 9.17) is 0 Å². The first-order valence-corrected chi connectivity index (χ1v) is 9.33. The smallest absolute Gasteiger partial charge is 0.240 e. The molecule has 2 N–H and O–H groups in total. The summed E-state index contributed by atoms with van der Waals surface area (Å²) >= 11 is 1.82. The summed E-state index contributed by atoms with van der Waals surface area (Å²) in [5.74, 6) is 2.10. The summed E-state index contributed by atoms with van der Waals surface area (Å²) in [6.07, 6.45) is 2.25. The van der Waals surface area contributed by atoms with Crippen molar-refractivity contribution in [3.05, 3.63) is 35.4 Å². The fourth-order valence-electron chi connectivity index (χ4n) is 4.15. The zero-order valence-corrected chi connectivity index (χ0v) is 13.6. The molecule has 3 aliphatic heterocycles. The van der Waals surface area contributed by atoms with Crippen molar-refractivity contribution in [1.29, 1.82) is 0 Å². The normalized spacial score (nSPS) is 26.9. The van der Waals surface area contributed by atoms with Crippen LogP contribution in [0.25, 0.3) is 0 Å². The second-order valence-corrected chi connectivity index (χ2v) is 7.68. The van der Waals surface area contributed by atoms with E-state index in [1.807, 2.05) is 11.8 Å². The molecule has 1 spiro atoms. The molecule has 22 heavy (non-hydrogen) atoms. The van der Waals surface area contributed by atoms with Crippen LogP contribution in [0.2, 0.25) is 0 Å². The number of carbonyl (C=O) groups is 1. The maximum atomic E-state index is 12.9. The maximum absolute atomic E-state index is 12.9. The topological polar surface area (TPSA) is 44.4 Å². The number of piperidine rings is 1. The summed E-state index contributed by atoms with van der Waals surface area (Å²) in [6.45, 7) is 3.75. The fraction of sp³-hybridized carbons (Fsp3) is 0.588. The predicted molar refractivity (Wildman–Crippen MR) is 89.9 cm³/mol. The molecule has 1 atom stereocenters. The number of amides is 1. The van der Waals surface area contributed by atoms with E-state index in [1.54, 1.807) is 0 Å². The number of rotatable bonds is 1. The monoisotopic (exact) mass is 317 g/mol. The molecule has 0 bridgehead atoms. The van der Waals surface area contributed by atoms with Crippen LogP contribution in [0, 0.1) is 0 Å². The molecule has 4 nitrogen and oxygen atoms in total. The zero-order chi connectivity index (χ0) is 15.0. The molecule has 1 aromatic rings. The van der Waals surface area contributed by atoms with Crippen LogP contribution in [0.5, 0.6) is 0 Å². The first-order valence-electron chi connectivity index (χ1n) is 8.18. The third kappa shape index (κ3) is 2.45. The summed E-state index contributed by atoms with van der Waals surface area (Å²) in [5.41, 5.74) is 2.98. The Morgan fingerprint density at radius 2 is 2.09 bits per heavy atom.